The van der Waals surface area contributed by atoms with E-state index in [1.165, 1.54) is 5.56 Å². The molecule has 7 heteroatoms. The van der Waals surface area contributed by atoms with Crippen LogP contribution in [0.5, 0.6) is 0 Å². The molecule has 3 heterocycles. The summed E-state index contributed by atoms with van der Waals surface area (Å²) in [5.41, 5.74) is 2.06. The molecule has 0 aromatic carbocycles. The highest BCUT2D eigenvalue weighted by molar-refractivity contribution is 5.80. The summed E-state index contributed by atoms with van der Waals surface area (Å²) in [7, 11) is 1.74. The molecule has 1 unspecified atom stereocenters. The molecule has 1 N–H and O–H groups in total. The van der Waals surface area contributed by atoms with Crippen LogP contribution >= 0.6 is 0 Å². The summed E-state index contributed by atoms with van der Waals surface area (Å²) in [4.78, 5) is 25.6. The largest absolute Gasteiger partial charge is 0.393 e. The van der Waals surface area contributed by atoms with E-state index in [4.69, 9.17) is 9.72 Å². The second kappa shape index (κ2) is 11.7. The number of aliphatic hydroxyl groups is 1. The first-order valence-corrected chi connectivity index (χ1v) is 13.3. The summed E-state index contributed by atoms with van der Waals surface area (Å²) in [6.45, 7) is 8.10. The van der Waals surface area contributed by atoms with Crippen molar-refractivity contribution in [2.75, 3.05) is 33.4 Å². The fourth-order valence-electron chi connectivity index (χ4n) is 5.81. The smallest absolute Gasteiger partial charge is 0.261 e. The third kappa shape index (κ3) is 5.86. The minimum absolute atomic E-state index is 0.0399. The van der Waals surface area contributed by atoms with E-state index in [1.807, 2.05) is 4.57 Å². The van der Waals surface area contributed by atoms with Gasteiger partial charge in [0.25, 0.3) is 5.56 Å². The first-order chi connectivity index (χ1) is 16.5. The fourth-order valence-corrected chi connectivity index (χ4v) is 5.81. The van der Waals surface area contributed by atoms with Crippen molar-refractivity contribution in [1.29, 1.82) is 0 Å². The zero-order valence-electron chi connectivity index (χ0n) is 21.2. The Kier molecular flexibility index (Phi) is 8.72. The Morgan fingerprint density at radius 2 is 1.91 bits per heavy atom. The van der Waals surface area contributed by atoms with Gasteiger partial charge in [0, 0.05) is 51.6 Å². The number of aromatic nitrogens is 3. The van der Waals surface area contributed by atoms with Gasteiger partial charge < -0.3 is 19.3 Å². The number of ether oxygens (including phenoxy) is 1. The Bertz CT molecular complexity index is 991. The second-order valence-corrected chi connectivity index (χ2v) is 10.5. The summed E-state index contributed by atoms with van der Waals surface area (Å²) < 4.78 is 7.22. The Balaban J connectivity index is 1.67. The van der Waals surface area contributed by atoms with Crippen LogP contribution in [-0.2, 0) is 11.2 Å². The molecule has 1 saturated carbocycles. The SMILES string of the molecule is CCCC(C)Cc1ncc2c(=O)n(C3CCN(CCOC)CC3)cc(C3CCC(O)CC3)c2n1. The number of hydrogen-bond acceptors (Lipinski definition) is 6. The molecule has 2 aliphatic rings. The third-order valence-corrected chi connectivity index (χ3v) is 7.87. The molecule has 4 rings (SSSR count). The van der Waals surface area contributed by atoms with Crippen LogP contribution in [-0.4, -0.2) is 64.0 Å². The molecule has 0 bridgehead atoms. The van der Waals surface area contributed by atoms with E-state index in [9.17, 15) is 9.90 Å². The number of fused-ring (bicyclic) bond motifs is 1. The van der Waals surface area contributed by atoms with E-state index in [1.54, 1.807) is 13.3 Å². The van der Waals surface area contributed by atoms with Gasteiger partial charge in [0.15, 0.2) is 0 Å². The van der Waals surface area contributed by atoms with E-state index in [-0.39, 0.29) is 17.7 Å². The number of pyridine rings is 1. The van der Waals surface area contributed by atoms with Crippen molar-refractivity contribution >= 4 is 10.9 Å². The number of methoxy groups -OCH3 is 1. The first-order valence-electron chi connectivity index (χ1n) is 13.3. The van der Waals surface area contributed by atoms with E-state index in [2.05, 4.69) is 29.9 Å². The lowest BCUT2D eigenvalue weighted by molar-refractivity contribution is 0.120. The molecule has 0 radical (unpaired) electrons. The van der Waals surface area contributed by atoms with Crippen LogP contribution in [0.3, 0.4) is 0 Å². The minimum Gasteiger partial charge on any atom is -0.393 e. The summed E-state index contributed by atoms with van der Waals surface area (Å²) >= 11 is 0. The van der Waals surface area contributed by atoms with Crippen LogP contribution in [0, 0.1) is 5.92 Å². The monoisotopic (exact) mass is 470 g/mol. The maximum absolute atomic E-state index is 13.6. The average molecular weight is 471 g/mol. The normalized spacial score (nSPS) is 23.4. The van der Waals surface area contributed by atoms with E-state index in [0.29, 0.717) is 17.2 Å². The van der Waals surface area contributed by atoms with Crippen LogP contribution in [0.2, 0.25) is 0 Å². The number of rotatable bonds is 9. The lowest BCUT2D eigenvalue weighted by Crippen LogP contribution is -2.39. The molecular formula is C27H42N4O3. The molecule has 1 saturated heterocycles. The molecule has 0 spiro atoms. The lowest BCUT2D eigenvalue weighted by Gasteiger charge is -2.33. The maximum Gasteiger partial charge on any atom is 0.261 e. The van der Waals surface area contributed by atoms with Crippen molar-refractivity contribution < 1.29 is 9.84 Å². The summed E-state index contributed by atoms with van der Waals surface area (Å²) in [5.74, 6) is 1.70. The molecule has 1 aliphatic heterocycles. The van der Waals surface area contributed by atoms with Crippen LogP contribution in [0.1, 0.15) is 88.6 Å². The molecule has 2 fully saturated rings. The first kappa shape index (κ1) is 25.3. The standard InChI is InChI=1S/C27H42N4O3/c1-4-5-19(2)16-25-28-17-23-26(29-25)24(20-6-8-22(32)9-7-20)18-31(27(23)33)21-10-12-30(13-11-21)14-15-34-3/h17-22,32H,4-16H2,1-3H3. The zero-order valence-corrected chi connectivity index (χ0v) is 21.2. The topological polar surface area (TPSA) is 80.5 Å². The molecule has 188 valence electrons. The number of piperidine rings is 1. The molecule has 2 aromatic rings. The van der Waals surface area contributed by atoms with E-state index >= 15 is 0 Å². The highest BCUT2D eigenvalue weighted by Gasteiger charge is 2.27. The molecule has 7 nitrogen and oxygen atoms in total. The summed E-state index contributed by atoms with van der Waals surface area (Å²) in [6, 6.07) is 0.202. The number of hydrogen-bond donors (Lipinski definition) is 1. The summed E-state index contributed by atoms with van der Waals surface area (Å²) in [5, 5.41) is 10.7. The third-order valence-electron chi connectivity index (χ3n) is 7.87. The van der Waals surface area contributed by atoms with Gasteiger partial charge >= 0.3 is 0 Å². The fraction of sp³-hybridized carbons (Fsp3) is 0.741. The molecule has 0 amide bonds. The molecule has 1 atom stereocenters. The van der Waals surface area contributed by atoms with Gasteiger partial charge in [-0.1, -0.05) is 26.7 Å². The van der Waals surface area contributed by atoms with Crippen LogP contribution in [0.15, 0.2) is 17.2 Å². The number of likely N-dealkylation sites (tertiary alicyclic amines) is 1. The van der Waals surface area contributed by atoms with E-state index in [0.717, 1.165) is 95.4 Å². The van der Waals surface area contributed by atoms with E-state index < -0.39 is 0 Å². The Morgan fingerprint density at radius 3 is 2.59 bits per heavy atom. The van der Waals surface area contributed by atoms with Crippen LogP contribution < -0.4 is 5.56 Å². The Morgan fingerprint density at radius 1 is 1.18 bits per heavy atom. The van der Waals surface area contributed by atoms with Gasteiger partial charge in [-0.3, -0.25) is 4.79 Å². The van der Waals surface area contributed by atoms with Crippen molar-refractivity contribution in [2.24, 2.45) is 5.92 Å². The van der Waals surface area contributed by atoms with Crippen molar-refractivity contribution in [2.45, 2.75) is 89.7 Å². The lowest BCUT2D eigenvalue weighted by atomic mass is 9.82. The summed E-state index contributed by atoms with van der Waals surface area (Å²) in [6.07, 6.45) is 12.3. The van der Waals surface area contributed by atoms with Gasteiger partial charge in [-0.15, -0.1) is 0 Å². The Hall–Kier alpha value is -1.83. The zero-order chi connectivity index (χ0) is 24.1. The van der Waals surface area contributed by atoms with Gasteiger partial charge in [-0.25, -0.2) is 9.97 Å². The van der Waals surface area contributed by atoms with Gasteiger partial charge in [0.2, 0.25) is 0 Å². The maximum atomic E-state index is 13.6. The van der Waals surface area contributed by atoms with Crippen LogP contribution in [0.4, 0.5) is 0 Å². The van der Waals surface area contributed by atoms with Gasteiger partial charge in [0.05, 0.1) is 23.6 Å². The highest BCUT2D eigenvalue weighted by atomic mass is 16.5. The van der Waals surface area contributed by atoms with Crippen LogP contribution in [0.25, 0.3) is 10.9 Å². The molecule has 2 aromatic heterocycles. The second-order valence-electron chi connectivity index (χ2n) is 10.5. The predicted octanol–water partition coefficient (Wildman–Crippen LogP) is 4.07. The van der Waals surface area contributed by atoms with Crippen molar-refractivity contribution in [3.05, 3.63) is 34.1 Å². The van der Waals surface area contributed by atoms with Crippen molar-refractivity contribution in [3.8, 4) is 0 Å². The quantitative estimate of drug-likeness (QED) is 0.595. The number of nitrogens with zero attached hydrogens (tertiary/aromatic N) is 4. The average Bonchev–Trinajstić information content (AvgIpc) is 2.84. The van der Waals surface area contributed by atoms with Gasteiger partial charge in [0.1, 0.15) is 5.82 Å². The highest BCUT2D eigenvalue weighted by Crippen LogP contribution is 2.36. The number of aliphatic hydroxyl groups excluding tert-OH is 1. The molecular weight excluding hydrogens is 428 g/mol. The van der Waals surface area contributed by atoms with Gasteiger partial charge in [-0.2, -0.15) is 0 Å². The van der Waals surface area contributed by atoms with Gasteiger partial charge in [-0.05, 0) is 55.9 Å². The molecule has 1 aliphatic carbocycles. The predicted molar refractivity (Wildman–Crippen MR) is 135 cm³/mol. The van der Waals surface area contributed by atoms with Crippen molar-refractivity contribution in [1.82, 2.24) is 19.4 Å². The minimum atomic E-state index is -0.204. The Labute approximate surface area is 203 Å². The van der Waals surface area contributed by atoms with Crippen molar-refractivity contribution in [3.63, 3.8) is 0 Å². The molecule has 34 heavy (non-hydrogen) atoms.